The summed E-state index contributed by atoms with van der Waals surface area (Å²) in [5.74, 6) is 3.06. The van der Waals surface area contributed by atoms with Crippen LogP contribution in [0, 0.1) is 52.3 Å². The zero-order valence-electron chi connectivity index (χ0n) is 41.7. The van der Waals surface area contributed by atoms with Crippen LogP contribution in [0.25, 0.3) is 0 Å². The van der Waals surface area contributed by atoms with Gasteiger partial charge < -0.3 is 109 Å². The fourth-order valence-electron chi connectivity index (χ4n) is 15.9. The van der Waals surface area contributed by atoms with Gasteiger partial charge in [-0.1, -0.05) is 27.7 Å². The van der Waals surface area contributed by atoms with Crippen LogP contribution in [0.4, 0.5) is 0 Å². The molecule has 31 atom stereocenters. The number of aliphatic hydroxyl groups is 12. The van der Waals surface area contributed by atoms with Gasteiger partial charge in [-0.25, -0.2) is 0 Å². The van der Waals surface area contributed by atoms with Crippen LogP contribution in [0.1, 0.15) is 91.9 Å². The van der Waals surface area contributed by atoms with Gasteiger partial charge >= 0.3 is 0 Å². The lowest BCUT2D eigenvalue weighted by atomic mass is 9.44. The first kappa shape index (κ1) is 54.5. The van der Waals surface area contributed by atoms with Crippen LogP contribution >= 0.6 is 0 Å². The lowest BCUT2D eigenvalue weighted by Crippen LogP contribution is -2.68. The fourth-order valence-corrected chi connectivity index (χ4v) is 15.9. The monoisotopic (exact) mass is 1030 g/mol. The Bertz CT molecular complexity index is 1830. The first-order valence-corrected chi connectivity index (χ1v) is 26.7. The van der Waals surface area contributed by atoms with Gasteiger partial charge in [0.15, 0.2) is 30.9 Å². The average molecular weight is 1040 g/mol. The Morgan fingerprint density at radius 1 is 0.514 bits per heavy atom. The van der Waals surface area contributed by atoms with Gasteiger partial charge in [-0.15, -0.1) is 0 Å². The quantitative estimate of drug-likeness (QED) is 0.0971. The molecular formula is C50H82O22. The number of rotatable bonds is 11. The van der Waals surface area contributed by atoms with E-state index in [1.165, 1.54) is 12.8 Å². The minimum absolute atomic E-state index is 0.0916. The third-order valence-corrected chi connectivity index (χ3v) is 20.0. The molecule has 12 N–H and O–H groups in total. The number of hydrogen-bond donors (Lipinski definition) is 12. The Morgan fingerprint density at radius 3 is 1.85 bits per heavy atom. The van der Waals surface area contributed by atoms with E-state index in [9.17, 15) is 61.3 Å². The molecule has 10 fully saturated rings. The summed E-state index contributed by atoms with van der Waals surface area (Å²) in [7, 11) is 0. The largest absolute Gasteiger partial charge is 0.394 e. The molecule has 0 amide bonds. The van der Waals surface area contributed by atoms with Crippen LogP contribution in [0.15, 0.2) is 0 Å². The predicted octanol–water partition coefficient (Wildman–Crippen LogP) is -2.27. The van der Waals surface area contributed by atoms with E-state index in [1.54, 1.807) is 0 Å². The molecule has 414 valence electrons. The molecule has 6 aliphatic heterocycles. The minimum Gasteiger partial charge on any atom is -0.394 e. The molecule has 22 heteroatoms. The molecule has 4 aliphatic carbocycles. The number of aliphatic hydroxyl groups excluding tert-OH is 12. The second-order valence-corrected chi connectivity index (χ2v) is 23.9. The molecule has 0 radical (unpaired) electrons. The zero-order chi connectivity index (χ0) is 51.3. The normalized spacial score (nSPS) is 57.8. The van der Waals surface area contributed by atoms with Gasteiger partial charge in [-0.2, -0.15) is 0 Å². The van der Waals surface area contributed by atoms with Crippen molar-refractivity contribution in [2.45, 2.75) is 227 Å². The summed E-state index contributed by atoms with van der Waals surface area (Å²) in [5.41, 5.74) is 0.293. The molecule has 0 aromatic rings. The van der Waals surface area contributed by atoms with Crippen molar-refractivity contribution in [3.8, 4) is 0 Å². The van der Waals surface area contributed by atoms with Gasteiger partial charge in [0.05, 0.1) is 45.2 Å². The van der Waals surface area contributed by atoms with Crippen LogP contribution < -0.4 is 0 Å². The molecule has 6 heterocycles. The van der Waals surface area contributed by atoms with Crippen molar-refractivity contribution >= 4 is 0 Å². The molecule has 4 saturated carbocycles. The van der Waals surface area contributed by atoms with Gasteiger partial charge in [-0.05, 0) is 104 Å². The van der Waals surface area contributed by atoms with Crippen LogP contribution in [0.2, 0.25) is 0 Å². The maximum absolute atomic E-state index is 11.8. The van der Waals surface area contributed by atoms with Crippen molar-refractivity contribution in [2.75, 3.05) is 33.0 Å². The SMILES string of the molecule is CC1C2C(CC3C4CC[C@H]5C[C@@H](O[C@@H]6O[C@H](CO)[C@H](O[C@@H]7O[C@H](CO)[C@@H](O)[C@H](O[C@@H]8OC[C@@H](O)[C@H](O)[C@H]8O)[C@H]7O[C@@H]7O[C@H](CO)[C@@H](O)[C@H](O)[C@H]7O)[C@H](O)[C@H]6O)CC[C@]5(C)C4CC[C@@]32C)O[C@]12CC[C@@H](C)CO2. The van der Waals surface area contributed by atoms with Crippen LogP contribution in [-0.4, -0.2) is 229 Å². The smallest absolute Gasteiger partial charge is 0.187 e. The summed E-state index contributed by atoms with van der Waals surface area (Å²) in [6.45, 7) is 7.42. The van der Waals surface area contributed by atoms with Crippen LogP contribution in [0.5, 0.6) is 0 Å². The fraction of sp³-hybridized carbons (Fsp3) is 1.00. The maximum Gasteiger partial charge on any atom is 0.187 e. The summed E-state index contributed by atoms with van der Waals surface area (Å²) >= 11 is 0. The minimum atomic E-state index is -2.00. The standard InChI is InChI=1S/C50H82O22/c1-20-7-12-50(64-18-20)21(2)32-28(72-50)14-26-24-6-5-22-13-23(8-10-48(22,3)25(24)9-11-49(26,32)4)65-45-40(62)37(59)41(31(17-53)68-45)69-47-43(71-46-39(61)36(58)34(56)29(15-51)66-46)42(35(57)30(16-52)67-47)70-44-38(60)33(55)27(54)19-63-44/h20-47,51-62H,5-19H2,1-4H3/t20-,21?,22+,23+,24?,25?,26?,27-,28?,29-,30-,31-,32?,33+,34-,35-,36+,37-,38-,39-,40-,41+,42+,43-,44+,45-,46+,47+,48+,49+,50-/m1/s1. The van der Waals surface area contributed by atoms with E-state index in [2.05, 4.69) is 27.7 Å². The zero-order valence-corrected chi connectivity index (χ0v) is 41.7. The Balaban J connectivity index is 0.812. The molecule has 10 aliphatic rings. The molecule has 72 heavy (non-hydrogen) atoms. The van der Waals surface area contributed by atoms with Crippen LogP contribution in [-0.2, 0) is 47.4 Å². The van der Waals surface area contributed by atoms with Crippen molar-refractivity contribution in [3.05, 3.63) is 0 Å². The number of ether oxygens (including phenoxy) is 10. The lowest BCUT2D eigenvalue weighted by Gasteiger charge is -2.61. The van der Waals surface area contributed by atoms with Crippen molar-refractivity contribution in [2.24, 2.45) is 52.3 Å². The van der Waals surface area contributed by atoms with Gasteiger partial charge in [0.1, 0.15) is 91.6 Å². The Hall–Kier alpha value is -0.880. The third-order valence-electron chi connectivity index (χ3n) is 20.0. The Morgan fingerprint density at radius 2 is 1.14 bits per heavy atom. The molecule has 6 unspecified atom stereocenters. The highest BCUT2D eigenvalue weighted by Crippen LogP contribution is 2.71. The lowest BCUT2D eigenvalue weighted by molar-refractivity contribution is -0.404. The van der Waals surface area contributed by atoms with E-state index in [-0.39, 0.29) is 23.0 Å². The molecule has 22 nitrogen and oxygen atoms in total. The summed E-state index contributed by atoms with van der Waals surface area (Å²) < 4.78 is 61.4. The van der Waals surface area contributed by atoms with Crippen molar-refractivity contribution in [1.29, 1.82) is 0 Å². The highest BCUT2D eigenvalue weighted by Gasteiger charge is 2.69. The molecule has 0 aromatic heterocycles. The van der Waals surface area contributed by atoms with E-state index >= 15 is 0 Å². The van der Waals surface area contributed by atoms with Gasteiger partial charge in [0, 0.05) is 12.3 Å². The summed E-state index contributed by atoms with van der Waals surface area (Å²) in [4.78, 5) is 0. The van der Waals surface area contributed by atoms with Crippen molar-refractivity contribution < 1.29 is 109 Å². The highest BCUT2D eigenvalue weighted by molar-refractivity contribution is 5.15. The molecular weight excluding hydrogens is 953 g/mol. The van der Waals surface area contributed by atoms with E-state index in [0.717, 1.165) is 51.6 Å². The average Bonchev–Trinajstić information content (AvgIpc) is 3.82. The summed E-state index contributed by atoms with van der Waals surface area (Å²) in [6, 6.07) is 0. The van der Waals surface area contributed by atoms with Crippen LogP contribution in [0.3, 0.4) is 0 Å². The van der Waals surface area contributed by atoms with E-state index in [4.69, 9.17) is 47.4 Å². The van der Waals surface area contributed by atoms with Crippen molar-refractivity contribution in [1.82, 2.24) is 0 Å². The first-order chi connectivity index (χ1) is 34.3. The van der Waals surface area contributed by atoms with E-state index in [1.807, 2.05) is 0 Å². The third kappa shape index (κ3) is 9.26. The maximum atomic E-state index is 11.8. The first-order valence-electron chi connectivity index (χ1n) is 26.7. The molecule has 1 spiro atoms. The predicted molar refractivity (Wildman–Crippen MR) is 242 cm³/mol. The van der Waals surface area contributed by atoms with Gasteiger partial charge in [0.25, 0.3) is 0 Å². The van der Waals surface area contributed by atoms with E-state index < -0.39 is 149 Å². The Kier molecular flexibility index (Phi) is 15.9. The topological polar surface area (TPSA) is 335 Å². The van der Waals surface area contributed by atoms with Gasteiger partial charge in [-0.3, -0.25) is 0 Å². The number of hydrogen-bond acceptors (Lipinski definition) is 22. The van der Waals surface area contributed by atoms with Gasteiger partial charge in [0.2, 0.25) is 0 Å². The second kappa shape index (κ2) is 21.1. The molecule has 6 saturated heterocycles. The number of fused-ring (bicyclic) bond motifs is 7. The summed E-state index contributed by atoms with van der Waals surface area (Å²) in [6.07, 6.45) is -22.9. The van der Waals surface area contributed by atoms with E-state index in [0.29, 0.717) is 47.8 Å². The Labute approximate surface area is 419 Å². The molecule has 10 rings (SSSR count). The highest BCUT2D eigenvalue weighted by atomic mass is 16.8. The second-order valence-electron chi connectivity index (χ2n) is 23.9. The molecule has 0 aromatic carbocycles. The summed E-state index contributed by atoms with van der Waals surface area (Å²) in [5, 5.41) is 129. The van der Waals surface area contributed by atoms with Crippen molar-refractivity contribution in [3.63, 3.8) is 0 Å². The molecule has 0 bridgehead atoms.